The highest BCUT2D eigenvalue weighted by molar-refractivity contribution is 5.99. The molecule has 1 rings (SSSR count). The number of hydrazine groups is 1. The van der Waals surface area contributed by atoms with Crippen LogP contribution in [0.15, 0.2) is 24.3 Å². The predicted molar refractivity (Wildman–Crippen MR) is 70.7 cm³/mol. The van der Waals surface area contributed by atoms with Gasteiger partial charge in [-0.25, -0.2) is 0 Å². The van der Waals surface area contributed by atoms with Gasteiger partial charge in [-0.15, -0.1) is 0 Å². The molecule has 3 N–H and O–H groups in total. The third-order valence-electron chi connectivity index (χ3n) is 2.37. The molecular formula is C13H21N3O. The van der Waals surface area contributed by atoms with E-state index in [0.29, 0.717) is 17.8 Å². The molecule has 1 aromatic rings. The summed E-state index contributed by atoms with van der Waals surface area (Å²) in [5.74, 6) is 5.38. The van der Waals surface area contributed by atoms with Gasteiger partial charge in [-0.05, 0) is 17.5 Å². The Bertz CT molecular complexity index is 396. The van der Waals surface area contributed by atoms with Gasteiger partial charge in [0.1, 0.15) is 0 Å². The molecule has 0 aliphatic heterocycles. The van der Waals surface area contributed by atoms with Gasteiger partial charge in [-0.3, -0.25) is 10.6 Å². The van der Waals surface area contributed by atoms with Crippen LogP contribution in [0.5, 0.6) is 0 Å². The Kier molecular flexibility index (Phi) is 4.12. The summed E-state index contributed by atoms with van der Waals surface area (Å²) in [4.78, 5) is 14.0. The van der Waals surface area contributed by atoms with E-state index < -0.39 is 0 Å². The van der Waals surface area contributed by atoms with Gasteiger partial charge in [-0.2, -0.15) is 0 Å². The van der Waals surface area contributed by atoms with E-state index >= 15 is 0 Å². The number of rotatable bonds is 3. The molecule has 1 aromatic carbocycles. The zero-order valence-electron chi connectivity index (χ0n) is 10.9. The van der Waals surface area contributed by atoms with E-state index in [0.717, 1.165) is 0 Å². The van der Waals surface area contributed by atoms with Crippen molar-refractivity contribution in [1.82, 2.24) is 4.90 Å². The van der Waals surface area contributed by atoms with E-state index in [1.165, 1.54) is 0 Å². The highest BCUT2D eigenvalue weighted by Gasteiger charge is 2.20. The number of carbonyl (C=O) groups excluding carboxylic acids is 1. The van der Waals surface area contributed by atoms with Gasteiger partial charge in [0.05, 0.1) is 11.3 Å². The number of carbonyl (C=O) groups is 1. The highest BCUT2D eigenvalue weighted by Crippen LogP contribution is 2.19. The number of nitrogen functional groups attached to an aromatic ring is 1. The monoisotopic (exact) mass is 235 g/mol. The van der Waals surface area contributed by atoms with Crippen molar-refractivity contribution in [3.8, 4) is 0 Å². The van der Waals surface area contributed by atoms with Crippen LogP contribution in [0.2, 0.25) is 0 Å². The molecule has 94 valence electrons. The molecule has 0 saturated carbocycles. The minimum Gasteiger partial charge on any atom is -0.341 e. The van der Waals surface area contributed by atoms with Gasteiger partial charge in [0.15, 0.2) is 0 Å². The van der Waals surface area contributed by atoms with Crippen molar-refractivity contribution in [2.24, 2.45) is 11.3 Å². The maximum Gasteiger partial charge on any atom is 0.255 e. The molecule has 0 bridgehead atoms. The minimum absolute atomic E-state index is 0.0199. The van der Waals surface area contributed by atoms with Crippen LogP contribution >= 0.6 is 0 Å². The molecule has 4 nitrogen and oxygen atoms in total. The normalized spacial score (nSPS) is 11.1. The van der Waals surface area contributed by atoms with E-state index in [1.807, 2.05) is 12.1 Å². The Morgan fingerprint density at radius 2 is 1.94 bits per heavy atom. The lowest BCUT2D eigenvalue weighted by atomic mass is 9.96. The van der Waals surface area contributed by atoms with Crippen LogP contribution in [-0.4, -0.2) is 24.4 Å². The minimum atomic E-state index is -0.0199. The molecule has 0 aromatic heterocycles. The molecule has 0 atom stereocenters. The van der Waals surface area contributed by atoms with Crippen molar-refractivity contribution < 1.29 is 4.79 Å². The second kappa shape index (κ2) is 5.19. The van der Waals surface area contributed by atoms with Gasteiger partial charge in [-0.1, -0.05) is 32.9 Å². The average molecular weight is 235 g/mol. The average Bonchev–Trinajstić information content (AvgIpc) is 2.25. The molecule has 0 aliphatic rings. The summed E-state index contributed by atoms with van der Waals surface area (Å²) in [7, 11) is 1.81. The molecule has 0 aliphatic carbocycles. The number of amides is 1. The summed E-state index contributed by atoms with van der Waals surface area (Å²) in [5.41, 5.74) is 3.88. The van der Waals surface area contributed by atoms with Crippen LogP contribution in [0.1, 0.15) is 31.1 Å². The number of hydrogen-bond acceptors (Lipinski definition) is 3. The van der Waals surface area contributed by atoms with Gasteiger partial charge >= 0.3 is 0 Å². The molecule has 17 heavy (non-hydrogen) atoms. The molecule has 0 unspecified atom stereocenters. The van der Waals surface area contributed by atoms with Crippen molar-refractivity contribution in [3.05, 3.63) is 29.8 Å². The van der Waals surface area contributed by atoms with E-state index in [1.54, 1.807) is 24.1 Å². The molecule has 0 radical (unpaired) electrons. The quantitative estimate of drug-likeness (QED) is 0.623. The predicted octanol–water partition coefficient (Wildman–Crippen LogP) is 2.09. The van der Waals surface area contributed by atoms with Crippen molar-refractivity contribution >= 4 is 11.6 Å². The Morgan fingerprint density at radius 1 is 1.35 bits per heavy atom. The van der Waals surface area contributed by atoms with E-state index in [4.69, 9.17) is 5.84 Å². The van der Waals surface area contributed by atoms with Crippen molar-refractivity contribution in [2.45, 2.75) is 20.8 Å². The van der Waals surface area contributed by atoms with Crippen molar-refractivity contribution in [1.29, 1.82) is 0 Å². The fourth-order valence-corrected chi connectivity index (χ4v) is 1.78. The summed E-state index contributed by atoms with van der Waals surface area (Å²) >= 11 is 0. The fraction of sp³-hybridized carbons (Fsp3) is 0.462. The van der Waals surface area contributed by atoms with Crippen LogP contribution in [0.4, 0.5) is 5.69 Å². The molecule has 0 fully saturated rings. The van der Waals surface area contributed by atoms with Crippen LogP contribution in [0, 0.1) is 5.41 Å². The first-order valence-electron chi connectivity index (χ1n) is 5.66. The third kappa shape index (κ3) is 3.75. The molecule has 0 spiro atoms. The smallest absolute Gasteiger partial charge is 0.255 e. The summed E-state index contributed by atoms with van der Waals surface area (Å²) < 4.78 is 0. The first-order chi connectivity index (χ1) is 7.85. The van der Waals surface area contributed by atoms with Crippen molar-refractivity contribution in [3.63, 3.8) is 0 Å². The van der Waals surface area contributed by atoms with Crippen molar-refractivity contribution in [2.75, 3.05) is 19.0 Å². The van der Waals surface area contributed by atoms with Crippen LogP contribution < -0.4 is 11.3 Å². The largest absolute Gasteiger partial charge is 0.341 e. The van der Waals surface area contributed by atoms with Gasteiger partial charge in [0, 0.05) is 13.6 Å². The number of nitrogens with one attached hydrogen (secondary N) is 1. The second-order valence-electron chi connectivity index (χ2n) is 5.41. The Hall–Kier alpha value is -1.55. The zero-order chi connectivity index (χ0) is 13.1. The molecular weight excluding hydrogens is 214 g/mol. The lowest BCUT2D eigenvalue weighted by Crippen LogP contribution is -2.35. The standard InChI is InChI=1S/C13H21N3O/c1-13(2,3)9-16(4)12(17)10-7-5-6-8-11(10)15-14/h5-8,15H,9,14H2,1-4H3. The van der Waals surface area contributed by atoms with Crippen LogP contribution in [0.25, 0.3) is 0 Å². The first-order valence-corrected chi connectivity index (χ1v) is 5.66. The first kappa shape index (κ1) is 13.5. The maximum absolute atomic E-state index is 12.2. The zero-order valence-corrected chi connectivity index (χ0v) is 10.9. The van der Waals surface area contributed by atoms with Gasteiger partial charge in [0.2, 0.25) is 0 Å². The molecule has 0 heterocycles. The van der Waals surface area contributed by atoms with E-state index in [9.17, 15) is 4.79 Å². The number of para-hydroxylation sites is 1. The van der Waals surface area contributed by atoms with E-state index in [-0.39, 0.29) is 11.3 Å². The highest BCUT2D eigenvalue weighted by atomic mass is 16.2. The number of nitrogens with two attached hydrogens (primary N) is 1. The summed E-state index contributed by atoms with van der Waals surface area (Å²) in [6.07, 6.45) is 0. The van der Waals surface area contributed by atoms with E-state index in [2.05, 4.69) is 26.2 Å². The number of anilines is 1. The summed E-state index contributed by atoms with van der Waals surface area (Å²) in [6, 6.07) is 7.24. The Labute approximate surface area is 103 Å². The molecule has 4 heteroatoms. The van der Waals surface area contributed by atoms with Crippen LogP contribution in [0.3, 0.4) is 0 Å². The lowest BCUT2D eigenvalue weighted by molar-refractivity contribution is 0.0746. The summed E-state index contributed by atoms with van der Waals surface area (Å²) in [6.45, 7) is 7.00. The number of hydrogen-bond donors (Lipinski definition) is 2. The summed E-state index contributed by atoms with van der Waals surface area (Å²) in [5, 5.41) is 0. The second-order valence-corrected chi connectivity index (χ2v) is 5.41. The SMILES string of the molecule is CN(CC(C)(C)C)C(=O)c1ccccc1NN. The maximum atomic E-state index is 12.2. The van der Waals surface area contributed by atoms with Crippen LogP contribution in [-0.2, 0) is 0 Å². The molecule has 1 amide bonds. The third-order valence-corrected chi connectivity index (χ3v) is 2.37. The molecule has 0 saturated heterocycles. The Balaban J connectivity index is 2.89. The number of nitrogens with zero attached hydrogens (tertiary/aromatic N) is 1. The topological polar surface area (TPSA) is 58.4 Å². The van der Waals surface area contributed by atoms with Gasteiger partial charge < -0.3 is 10.3 Å². The number of benzene rings is 1. The lowest BCUT2D eigenvalue weighted by Gasteiger charge is -2.27. The fourth-order valence-electron chi connectivity index (χ4n) is 1.78. The Morgan fingerprint density at radius 3 is 2.47 bits per heavy atom. The van der Waals surface area contributed by atoms with Gasteiger partial charge in [0.25, 0.3) is 5.91 Å².